The third-order valence-electron chi connectivity index (χ3n) is 4.54. The summed E-state index contributed by atoms with van der Waals surface area (Å²) in [6, 6.07) is 9.04. The Balaban J connectivity index is 2.14. The van der Waals surface area contributed by atoms with E-state index in [1.165, 1.54) is 7.11 Å². The van der Waals surface area contributed by atoms with Gasteiger partial charge in [0.25, 0.3) is 0 Å². The standard InChI is InChI=1S/C28H36O4/c1-3-26(32-28(30)25-21-17-16-18-22-25)23-19-14-12-10-8-6-4-5-7-9-11-13-15-20-24-27(29)31-2/h5-8,11-14,16-19,21-23,26H,3-4,9-10,15,20,24H2,1-2H3/b7-5-,8-6-,13-11-,14-12-,23-19+/t26-/m1/s1. The summed E-state index contributed by atoms with van der Waals surface area (Å²) in [6.45, 7) is 1.99. The van der Waals surface area contributed by atoms with E-state index >= 15 is 0 Å². The van der Waals surface area contributed by atoms with E-state index in [4.69, 9.17) is 4.74 Å². The number of unbranched alkanes of at least 4 members (excludes halogenated alkanes) is 1. The van der Waals surface area contributed by atoms with E-state index in [1.54, 1.807) is 12.1 Å². The zero-order chi connectivity index (χ0) is 23.3. The fourth-order valence-electron chi connectivity index (χ4n) is 2.68. The molecule has 1 atom stereocenters. The third-order valence-corrected chi connectivity index (χ3v) is 4.54. The highest BCUT2D eigenvalue weighted by molar-refractivity contribution is 5.89. The Bertz CT molecular complexity index is 785. The van der Waals surface area contributed by atoms with Crippen LogP contribution in [0.5, 0.6) is 0 Å². The van der Waals surface area contributed by atoms with Crippen molar-refractivity contribution in [3.05, 3.63) is 96.7 Å². The molecule has 172 valence electrons. The van der Waals surface area contributed by atoms with E-state index in [0.29, 0.717) is 12.0 Å². The number of methoxy groups -OCH3 is 1. The lowest BCUT2D eigenvalue weighted by molar-refractivity contribution is -0.140. The molecular formula is C28H36O4. The van der Waals surface area contributed by atoms with Gasteiger partial charge in [-0.25, -0.2) is 4.79 Å². The molecular weight excluding hydrogens is 400 g/mol. The third kappa shape index (κ3) is 14.0. The lowest BCUT2D eigenvalue weighted by atomic mass is 10.2. The summed E-state index contributed by atoms with van der Waals surface area (Å²) in [4.78, 5) is 23.1. The van der Waals surface area contributed by atoms with Crippen molar-refractivity contribution >= 4 is 11.9 Å². The van der Waals surface area contributed by atoms with Gasteiger partial charge >= 0.3 is 11.9 Å². The molecule has 4 nitrogen and oxygen atoms in total. The van der Waals surface area contributed by atoms with Gasteiger partial charge in [0.15, 0.2) is 0 Å². The van der Waals surface area contributed by atoms with Crippen LogP contribution in [0.1, 0.15) is 62.2 Å². The quantitative estimate of drug-likeness (QED) is 0.130. The molecule has 1 rings (SSSR count). The minimum absolute atomic E-state index is 0.148. The van der Waals surface area contributed by atoms with E-state index < -0.39 is 0 Å². The number of ether oxygens (including phenoxy) is 2. The number of hydrogen-bond acceptors (Lipinski definition) is 4. The summed E-state index contributed by atoms with van der Waals surface area (Å²) in [5, 5.41) is 0. The number of benzene rings is 1. The molecule has 0 unspecified atom stereocenters. The number of allylic oxidation sites excluding steroid dienone is 9. The maximum atomic E-state index is 12.1. The van der Waals surface area contributed by atoms with Crippen LogP contribution in [0.2, 0.25) is 0 Å². The summed E-state index contributed by atoms with van der Waals surface area (Å²) >= 11 is 0. The molecule has 1 aromatic rings. The second kappa shape index (κ2) is 18.6. The van der Waals surface area contributed by atoms with E-state index in [0.717, 1.165) is 38.5 Å². The molecule has 32 heavy (non-hydrogen) atoms. The highest BCUT2D eigenvalue weighted by atomic mass is 16.5. The van der Waals surface area contributed by atoms with Crippen molar-refractivity contribution in [2.24, 2.45) is 0 Å². The van der Waals surface area contributed by atoms with Gasteiger partial charge in [-0.05, 0) is 56.7 Å². The normalized spacial score (nSPS) is 13.1. The monoisotopic (exact) mass is 436 g/mol. The summed E-state index contributed by atoms with van der Waals surface area (Å²) in [6.07, 6.45) is 26.1. The number of rotatable bonds is 15. The molecule has 0 spiro atoms. The van der Waals surface area contributed by atoms with E-state index in [1.807, 2.05) is 43.4 Å². The lowest BCUT2D eigenvalue weighted by Crippen LogP contribution is -2.15. The van der Waals surface area contributed by atoms with Crippen LogP contribution < -0.4 is 0 Å². The Morgan fingerprint density at radius 2 is 1.50 bits per heavy atom. The highest BCUT2D eigenvalue weighted by Crippen LogP contribution is 2.07. The zero-order valence-electron chi connectivity index (χ0n) is 19.3. The molecule has 0 aliphatic rings. The van der Waals surface area contributed by atoms with Crippen LogP contribution in [0.25, 0.3) is 0 Å². The van der Waals surface area contributed by atoms with Gasteiger partial charge in [0.1, 0.15) is 6.10 Å². The lowest BCUT2D eigenvalue weighted by Gasteiger charge is -2.11. The molecule has 0 fully saturated rings. The predicted molar refractivity (Wildman–Crippen MR) is 131 cm³/mol. The molecule has 0 bridgehead atoms. The van der Waals surface area contributed by atoms with Crippen molar-refractivity contribution in [1.29, 1.82) is 0 Å². The molecule has 0 heterocycles. The average molecular weight is 437 g/mol. The fraction of sp³-hybridized carbons (Fsp3) is 0.357. The molecule has 4 heteroatoms. The van der Waals surface area contributed by atoms with Crippen molar-refractivity contribution in [3.8, 4) is 0 Å². The van der Waals surface area contributed by atoms with Crippen LogP contribution in [0.3, 0.4) is 0 Å². The highest BCUT2D eigenvalue weighted by Gasteiger charge is 2.11. The van der Waals surface area contributed by atoms with Crippen molar-refractivity contribution in [2.75, 3.05) is 7.11 Å². The molecule has 1 aromatic carbocycles. The van der Waals surface area contributed by atoms with E-state index in [-0.39, 0.29) is 18.0 Å². The zero-order valence-corrected chi connectivity index (χ0v) is 19.3. The van der Waals surface area contributed by atoms with Crippen LogP contribution in [-0.2, 0) is 14.3 Å². The second-order valence-electron chi connectivity index (χ2n) is 7.12. The van der Waals surface area contributed by atoms with Crippen LogP contribution in [0.4, 0.5) is 0 Å². The summed E-state index contributed by atoms with van der Waals surface area (Å²) in [5.41, 5.74) is 0.570. The molecule has 0 amide bonds. The molecule has 0 aromatic heterocycles. The topological polar surface area (TPSA) is 52.6 Å². The first-order chi connectivity index (χ1) is 15.7. The van der Waals surface area contributed by atoms with Gasteiger partial charge in [0, 0.05) is 6.42 Å². The van der Waals surface area contributed by atoms with E-state index in [2.05, 4.69) is 47.3 Å². The maximum Gasteiger partial charge on any atom is 0.338 e. The Morgan fingerprint density at radius 1 is 0.875 bits per heavy atom. The molecule has 0 aliphatic carbocycles. The number of hydrogen-bond donors (Lipinski definition) is 0. The molecule has 0 saturated heterocycles. The minimum atomic E-state index is -0.295. The first-order valence-corrected chi connectivity index (χ1v) is 11.3. The van der Waals surface area contributed by atoms with Crippen LogP contribution in [0, 0.1) is 0 Å². The summed E-state index contributed by atoms with van der Waals surface area (Å²) < 4.78 is 10.1. The maximum absolute atomic E-state index is 12.1. The molecule has 0 N–H and O–H groups in total. The first-order valence-electron chi connectivity index (χ1n) is 11.3. The Hall–Kier alpha value is -3.14. The fourth-order valence-corrected chi connectivity index (χ4v) is 2.68. The predicted octanol–water partition coefficient (Wildman–Crippen LogP) is 6.92. The van der Waals surface area contributed by atoms with Gasteiger partial charge in [0.2, 0.25) is 0 Å². The van der Waals surface area contributed by atoms with Crippen molar-refractivity contribution < 1.29 is 19.1 Å². The average Bonchev–Trinajstić information content (AvgIpc) is 2.83. The second-order valence-corrected chi connectivity index (χ2v) is 7.12. The molecule has 0 aliphatic heterocycles. The van der Waals surface area contributed by atoms with Gasteiger partial charge in [-0.15, -0.1) is 0 Å². The van der Waals surface area contributed by atoms with Crippen LogP contribution in [-0.4, -0.2) is 25.2 Å². The summed E-state index contributed by atoms with van der Waals surface area (Å²) in [5.74, 6) is -0.443. The molecule has 0 saturated carbocycles. The number of carbonyl (C=O) groups is 2. The van der Waals surface area contributed by atoms with Crippen LogP contribution in [0.15, 0.2) is 91.1 Å². The van der Waals surface area contributed by atoms with Gasteiger partial charge in [-0.1, -0.05) is 79.8 Å². The van der Waals surface area contributed by atoms with Gasteiger partial charge in [-0.2, -0.15) is 0 Å². The van der Waals surface area contributed by atoms with Crippen molar-refractivity contribution in [1.82, 2.24) is 0 Å². The smallest absolute Gasteiger partial charge is 0.338 e. The van der Waals surface area contributed by atoms with Crippen LogP contribution >= 0.6 is 0 Å². The van der Waals surface area contributed by atoms with Gasteiger partial charge < -0.3 is 9.47 Å². The Kier molecular flexibility index (Phi) is 15.6. The van der Waals surface area contributed by atoms with Gasteiger partial charge in [-0.3, -0.25) is 4.79 Å². The first kappa shape index (κ1) is 26.9. The number of carbonyl (C=O) groups excluding carboxylic acids is 2. The van der Waals surface area contributed by atoms with E-state index in [9.17, 15) is 9.59 Å². The molecule has 0 radical (unpaired) electrons. The minimum Gasteiger partial charge on any atom is -0.469 e. The van der Waals surface area contributed by atoms with Crippen molar-refractivity contribution in [3.63, 3.8) is 0 Å². The number of esters is 2. The SMILES string of the molecule is CC[C@H](/C=C/C=C\C/C=C\C/C=C\C/C=C\CCCC(=O)OC)OC(=O)c1ccccc1. The summed E-state index contributed by atoms with van der Waals surface area (Å²) in [7, 11) is 1.42. The largest absolute Gasteiger partial charge is 0.469 e. The van der Waals surface area contributed by atoms with Crippen molar-refractivity contribution in [2.45, 2.75) is 58.0 Å². The van der Waals surface area contributed by atoms with Gasteiger partial charge in [0.05, 0.1) is 12.7 Å². The Labute approximate surface area is 193 Å². The Morgan fingerprint density at radius 3 is 2.12 bits per heavy atom.